The Morgan fingerprint density at radius 3 is 2.54 bits per heavy atom. The molecule has 1 N–H and O–H groups in total. The molecule has 1 aromatic heterocycles. The summed E-state index contributed by atoms with van der Waals surface area (Å²) < 4.78 is 50.2. The van der Waals surface area contributed by atoms with E-state index in [1.165, 1.54) is 37.1 Å². The lowest BCUT2D eigenvalue weighted by atomic mass is 9.92. The van der Waals surface area contributed by atoms with Gasteiger partial charge in [0.1, 0.15) is 11.3 Å². The molecule has 3 aromatic rings. The molecule has 5 nitrogen and oxygen atoms in total. The van der Waals surface area contributed by atoms with Crippen LogP contribution in [0.4, 0.5) is 13.2 Å². The van der Waals surface area contributed by atoms with E-state index in [4.69, 9.17) is 9.15 Å². The molecule has 37 heavy (non-hydrogen) atoms. The third-order valence-electron chi connectivity index (χ3n) is 6.35. The molecule has 0 atom stereocenters. The Balaban J connectivity index is 1.64. The first-order valence-electron chi connectivity index (χ1n) is 12.0. The summed E-state index contributed by atoms with van der Waals surface area (Å²) in [5.74, 6) is -0.0719. The maximum absolute atomic E-state index is 13.1. The molecule has 0 spiro atoms. The molecular formula is C29H28F3NO4. The number of halogens is 3. The maximum Gasteiger partial charge on any atom is 0.416 e. The average Bonchev–Trinajstić information content (AvgIpc) is 3.38. The number of benzene rings is 2. The largest absolute Gasteiger partial charge is 0.508 e. The minimum absolute atomic E-state index is 0.0719. The van der Waals surface area contributed by atoms with E-state index >= 15 is 0 Å². The van der Waals surface area contributed by atoms with Crippen molar-refractivity contribution in [2.24, 2.45) is 0 Å². The van der Waals surface area contributed by atoms with Crippen LogP contribution >= 0.6 is 0 Å². The summed E-state index contributed by atoms with van der Waals surface area (Å²) in [5, 5.41) is 10.4. The molecule has 0 bridgehead atoms. The number of nitrogens with zero attached hydrogens (tertiary/aromatic N) is 1. The zero-order valence-corrected chi connectivity index (χ0v) is 20.3. The number of likely N-dealkylation sites (tertiary alicyclic amines) is 1. The van der Waals surface area contributed by atoms with Crippen LogP contribution in [0, 0.1) is 0 Å². The summed E-state index contributed by atoms with van der Waals surface area (Å²) in [6.45, 7) is 7.53. The van der Waals surface area contributed by atoms with Crippen LogP contribution in [-0.2, 0) is 17.3 Å². The summed E-state index contributed by atoms with van der Waals surface area (Å²) in [5.41, 5.74) is 0.431. The van der Waals surface area contributed by atoms with Gasteiger partial charge in [-0.1, -0.05) is 30.9 Å². The molecule has 1 aliphatic heterocycles. The monoisotopic (exact) mass is 511 g/mol. The molecule has 0 saturated carbocycles. The first-order valence-corrected chi connectivity index (χ1v) is 12.0. The van der Waals surface area contributed by atoms with Crippen LogP contribution in [-0.4, -0.2) is 36.2 Å². The predicted octanol–water partition coefficient (Wildman–Crippen LogP) is 6.47. The third-order valence-corrected chi connectivity index (χ3v) is 6.35. The molecule has 1 aliphatic rings. The quantitative estimate of drug-likeness (QED) is 0.155. The van der Waals surface area contributed by atoms with Crippen molar-refractivity contribution in [3.8, 4) is 16.9 Å². The second-order valence-corrected chi connectivity index (χ2v) is 8.87. The lowest BCUT2D eigenvalue weighted by Crippen LogP contribution is -2.23. The molecule has 2 aromatic carbocycles. The molecular weight excluding hydrogens is 483 g/mol. The second-order valence-electron chi connectivity index (χ2n) is 8.87. The highest BCUT2D eigenvalue weighted by Gasteiger charge is 2.30. The van der Waals surface area contributed by atoms with E-state index < -0.39 is 17.4 Å². The Bertz CT molecular complexity index is 1360. The van der Waals surface area contributed by atoms with Gasteiger partial charge >= 0.3 is 11.8 Å². The predicted molar refractivity (Wildman–Crippen MR) is 137 cm³/mol. The fourth-order valence-corrected chi connectivity index (χ4v) is 4.43. The number of rotatable bonds is 9. The van der Waals surface area contributed by atoms with Crippen molar-refractivity contribution in [3.05, 3.63) is 101 Å². The highest BCUT2D eigenvalue weighted by Crippen LogP contribution is 2.34. The highest BCUT2D eigenvalue weighted by molar-refractivity contribution is 5.88. The number of phenols is 1. The van der Waals surface area contributed by atoms with Crippen LogP contribution in [0.25, 0.3) is 22.1 Å². The Labute approximate surface area is 212 Å². The smallest absolute Gasteiger partial charge is 0.416 e. The number of fused-ring (bicyclic) bond motifs is 1. The molecule has 194 valence electrons. The Morgan fingerprint density at radius 2 is 1.86 bits per heavy atom. The van der Waals surface area contributed by atoms with Crippen LogP contribution in [0.3, 0.4) is 0 Å². The minimum atomic E-state index is -4.49. The van der Waals surface area contributed by atoms with E-state index in [1.54, 1.807) is 30.6 Å². The van der Waals surface area contributed by atoms with Crippen molar-refractivity contribution in [1.82, 2.24) is 4.90 Å². The van der Waals surface area contributed by atoms with Gasteiger partial charge in [0, 0.05) is 18.0 Å². The van der Waals surface area contributed by atoms with Gasteiger partial charge in [-0.15, -0.1) is 0 Å². The molecule has 0 radical (unpaired) electrons. The van der Waals surface area contributed by atoms with E-state index in [9.17, 15) is 23.1 Å². The van der Waals surface area contributed by atoms with Crippen LogP contribution < -0.4 is 5.63 Å². The zero-order chi connectivity index (χ0) is 26.4. The van der Waals surface area contributed by atoms with Gasteiger partial charge in [0.2, 0.25) is 0 Å². The van der Waals surface area contributed by atoms with Gasteiger partial charge in [-0.2, -0.15) is 13.2 Å². The first kappa shape index (κ1) is 26.3. The van der Waals surface area contributed by atoms with Crippen LogP contribution in [0.5, 0.6) is 5.75 Å². The molecule has 1 saturated heterocycles. The topological polar surface area (TPSA) is 62.9 Å². The van der Waals surface area contributed by atoms with Gasteiger partial charge in [0.25, 0.3) is 0 Å². The number of aromatic hydroxyl groups is 1. The minimum Gasteiger partial charge on any atom is -0.508 e. The third kappa shape index (κ3) is 6.51. The maximum atomic E-state index is 13.1. The van der Waals surface area contributed by atoms with Crippen molar-refractivity contribution in [2.75, 3.05) is 26.2 Å². The van der Waals surface area contributed by atoms with E-state index in [-0.39, 0.29) is 23.3 Å². The fourth-order valence-electron chi connectivity index (χ4n) is 4.43. The fraction of sp³-hybridized carbons (Fsp3) is 0.276. The number of hydrogen-bond acceptors (Lipinski definition) is 5. The number of ether oxygens (including phenoxy) is 1. The molecule has 1 fully saturated rings. The number of phenolic OH excluding ortho intramolecular Hbond substituents is 1. The molecule has 0 aliphatic carbocycles. The van der Waals surface area contributed by atoms with Gasteiger partial charge in [-0.25, -0.2) is 4.79 Å². The van der Waals surface area contributed by atoms with E-state index in [1.807, 2.05) is 0 Å². The Morgan fingerprint density at radius 1 is 1.14 bits per heavy atom. The van der Waals surface area contributed by atoms with Crippen molar-refractivity contribution in [2.45, 2.75) is 25.4 Å². The van der Waals surface area contributed by atoms with Crippen molar-refractivity contribution >= 4 is 11.0 Å². The van der Waals surface area contributed by atoms with Gasteiger partial charge in [-0.3, -0.25) is 4.90 Å². The summed E-state index contributed by atoms with van der Waals surface area (Å²) in [6, 6.07) is 8.81. The van der Waals surface area contributed by atoms with Gasteiger partial charge < -0.3 is 14.3 Å². The summed E-state index contributed by atoms with van der Waals surface area (Å²) in [7, 11) is 0. The van der Waals surface area contributed by atoms with Gasteiger partial charge in [0.05, 0.1) is 24.0 Å². The highest BCUT2D eigenvalue weighted by atomic mass is 19.4. The molecule has 4 rings (SSSR count). The summed E-state index contributed by atoms with van der Waals surface area (Å²) in [6.07, 6.45) is 5.01. The van der Waals surface area contributed by atoms with E-state index in [2.05, 4.69) is 11.5 Å². The van der Waals surface area contributed by atoms with Crippen LogP contribution in [0.15, 0.2) is 88.3 Å². The number of hydrogen-bond donors (Lipinski definition) is 1. The molecule has 0 amide bonds. The Kier molecular flexibility index (Phi) is 8.18. The van der Waals surface area contributed by atoms with E-state index in [0.717, 1.165) is 37.3 Å². The van der Waals surface area contributed by atoms with E-state index in [0.29, 0.717) is 23.1 Å². The van der Waals surface area contributed by atoms with Crippen molar-refractivity contribution in [3.63, 3.8) is 0 Å². The Hall–Kier alpha value is -3.78. The molecule has 0 unspecified atom stereocenters. The lowest BCUT2D eigenvalue weighted by Gasteiger charge is -2.14. The van der Waals surface area contributed by atoms with Crippen LogP contribution in [0.1, 0.15) is 24.0 Å². The molecule has 2 heterocycles. The van der Waals surface area contributed by atoms with Crippen LogP contribution in [0.2, 0.25) is 0 Å². The zero-order valence-electron chi connectivity index (χ0n) is 20.3. The lowest BCUT2D eigenvalue weighted by molar-refractivity contribution is -0.137. The first-order chi connectivity index (χ1) is 17.8. The van der Waals surface area contributed by atoms with Crippen molar-refractivity contribution < 1.29 is 27.4 Å². The number of alkyl halides is 3. The molecule has 8 heteroatoms. The second kappa shape index (κ2) is 11.5. The van der Waals surface area contributed by atoms with Gasteiger partial charge in [0.15, 0.2) is 0 Å². The number of allylic oxidation sites excluding steroid dienone is 4. The standard InChI is InChI=1S/C29H28F3NO4/c1-2-20(6-5-16-36-17-15-33-13-3-4-14-33)18-25-24-12-11-23(34)19-26(24)37-28(35)27(25)21-7-9-22(10-8-21)29(30,31)32/h2,5-12,16,19,34H,1,3-4,13-15,17-18H2/b16-5+,20-6+. The average molecular weight is 512 g/mol. The summed E-state index contributed by atoms with van der Waals surface area (Å²) in [4.78, 5) is 15.4. The van der Waals surface area contributed by atoms with Crippen molar-refractivity contribution in [1.29, 1.82) is 0 Å². The van der Waals surface area contributed by atoms with Gasteiger partial charge in [-0.05, 0) is 79.4 Å². The SMILES string of the molecule is C=C/C(=C\C=C\OCCN1CCCC1)Cc1c(-c2ccc(C(F)(F)F)cc2)c(=O)oc2cc(O)ccc12. The summed E-state index contributed by atoms with van der Waals surface area (Å²) >= 11 is 0. The normalized spacial score (nSPS) is 15.1.